The number of methoxy groups -OCH3 is 1. The molecule has 1 rings (SSSR count). The maximum Gasteiger partial charge on any atom is 0.337 e. The lowest BCUT2D eigenvalue weighted by Gasteiger charge is -2.13. The largest absolute Gasteiger partial charge is 0.478 e. The van der Waals surface area contributed by atoms with Crippen molar-refractivity contribution in [3.8, 4) is 0 Å². The summed E-state index contributed by atoms with van der Waals surface area (Å²) in [7, 11) is 1.38. The molecule has 0 heterocycles. The molecule has 0 bridgehead atoms. The third-order valence-electron chi connectivity index (χ3n) is 2.21. The van der Waals surface area contributed by atoms with Crippen LogP contribution in [0.1, 0.15) is 17.3 Å². The number of benzene rings is 1. The molecule has 1 unspecified atom stereocenters. The molecule has 1 atom stereocenters. The highest BCUT2D eigenvalue weighted by Gasteiger charge is 2.18. The van der Waals surface area contributed by atoms with E-state index in [1.54, 1.807) is 6.92 Å². The second-order valence-corrected chi connectivity index (χ2v) is 3.74. The Morgan fingerprint density at radius 3 is 2.65 bits per heavy atom. The lowest BCUT2D eigenvalue weighted by molar-refractivity contribution is -0.124. The predicted molar refractivity (Wildman–Crippen MR) is 63.5 cm³/mol. The van der Waals surface area contributed by atoms with E-state index in [4.69, 9.17) is 21.4 Å². The first-order chi connectivity index (χ1) is 7.97. The van der Waals surface area contributed by atoms with E-state index in [1.165, 1.54) is 25.3 Å². The van der Waals surface area contributed by atoms with Crippen LogP contribution in [0.3, 0.4) is 0 Å². The van der Waals surface area contributed by atoms with E-state index >= 15 is 0 Å². The molecule has 92 valence electrons. The molecule has 1 aromatic carbocycles. The van der Waals surface area contributed by atoms with E-state index in [1.807, 2.05) is 0 Å². The average molecular weight is 258 g/mol. The Bertz CT molecular complexity index is 447. The molecule has 1 aromatic rings. The van der Waals surface area contributed by atoms with Crippen LogP contribution in [0.2, 0.25) is 5.02 Å². The zero-order valence-corrected chi connectivity index (χ0v) is 10.1. The third kappa shape index (κ3) is 3.18. The van der Waals surface area contributed by atoms with E-state index in [0.29, 0.717) is 0 Å². The van der Waals surface area contributed by atoms with Crippen molar-refractivity contribution in [2.24, 2.45) is 0 Å². The zero-order chi connectivity index (χ0) is 13.0. The van der Waals surface area contributed by atoms with Crippen molar-refractivity contribution in [3.05, 3.63) is 28.8 Å². The molecule has 2 N–H and O–H groups in total. The van der Waals surface area contributed by atoms with Crippen molar-refractivity contribution in [1.29, 1.82) is 0 Å². The molecule has 5 nitrogen and oxygen atoms in total. The fourth-order valence-electron chi connectivity index (χ4n) is 1.16. The van der Waals surface area contributed by atoms with Gasteiger partial charge in [0.05, 0.1) is 16.3 Å². The molecule has 0 aliphatic carbocycles. The standard InChI is InChI=1S/C11H12ClNO4/c1-6(17-2)10(14)13-9-7(11(15)16)4-3-5-8(9)12/h3-6H,1-2H3,(H,13,14)(H,15,16). The Morgan fingerprint density at radius 1 is 1.47 bits per heavy atom. The minimum absolute atomic E-state index is 0.0610. The molecular weight excluding hydrogens is 246 g/mol. The van der Waals surface area contributed by atoms with Gasteiger partial charge in [-0.3, -0.25) is 4.79 Å². The Morgan fingerprint density at radius 2 is 2.12 bits per heavy atom. The number of rotatable bonds is 4. The number of aromatic carboxylic acids is 1. The normalized spacial score (nSPS) is 11.9. The molecule has 0 spiro atoms. The molecule has 0 aromatic heterocycles. The van der Waals surface area contributed by atoms with Crippen molar-refractivity contribution >= 4 is 29.2 Å². The maximum atomic E-state index is 11.6. The van der Waals surface area contributed by atoms with Gasteiger partial charge in [-0.2, -0.15) is 0 Å². The number of para-hydroxylation sites is 1. The number of hydrogen-bond acceptors (Lipinski definition) is 3. The van der Waals surface area contributed by atoms with Crippen LogP contribution in [0, 0.1) is 0 Å². The van der Waals surface area contributed by atoms with Crippen molar-refractivity contribution in [2.75, 3.05) is 12.4 Å². The Balaban J connectivity index is 3.05. The average Bonchev–Trinajstić information content (AvgIpc) is 2.30. The summed E-state index contributed by atoms with van der Waals surface area (Å²) < 4.78 is 4.82. The number of halogens is 1. The molecule has 1 amide bonds. The highest BCUT2D eigenvalue weighted by Crippen LogP contribution is 2.26. The van der Waals surface area contributed by atoms with E-state index < -0.39 is 18.0 Å². The number of ether oxygens (including phenoxy) is 1. The molecule has 0 fully saturated rings. The minimum Gasteiger partial charge on any atom is -0.478 e. The van der Waals surface area contributed by atoms with Crippen molar-refractivity contribution < 1.29 is 19.4 Å². The van der Waals surface area contributed by atoms with E-state index in [0.717, 1.165) is 0 Å². The van der Waals surface area contributed by atoms with Gasteiger partial charge >= 0.3 is 5.97 Å². The maximum absolute atomic E-state index is 11.6. The van der Waals surface area contributed by atoms with E-state index in [9.17, 15) is 9.59 Å². The first-order valence-corrected chi connectivity index (χ1v) is 5.20. The number of hydrogen-bond donors (Lipinski definition) is 2. The quantitative estimate of drug-likeness (QED) is 0.865. The predicted octanol–water partition coefficient (Wildman–Crippen LogP) is 2.01. The molecule has 0 aliphatic rings. The summed E-state index contributed by atoms with van der Waals surface area (Å²) in [6, 6.07) is 4.36. The summed E-state index contributed by atoms with van der Waals surface area (Å²) in [5.41, 5.74) is 0.0183. The highest BCUT2D eigenvalue weighted by molar-refractivity contribution is 6.34. The lowest BCUT2D eigenvalue weighted by atomic mass is 10.1. The SMILES string of the molecule is COC(C)C(=O)Nc1c(Cl)cccc1C(=O)O. The monoisotopic (exact) mass is 257 g/mol. The van der Waals surface area contributed by atoms with Gasteiger partial charge in [0.15, 0.2) is 0 Å². The third-order valence-corrected chi connectivity index (χ3v) is 2.53. The first kappa shape index (κ1) is 13.5. The molecule has 0 saturated carbocycles. The molecular formula is C11H12ClNO4. The first-order valence-electron chi connectivity index (χ1n) is 4.82. The van der Waals surface area contributed by atoms with Crippen LogP contribution < -0.4 is 5.32 Å². The molecule has 0 saturated heterocycles. The lowest BCUT2D eigenvalue weighted by Crippen LogP contribution is -2.27. The summed E-state index contributed by atoms with van der Waals surface area (Å²) in [6.07, 6.45) is -0.687. The highest BCUT2D eigenvalue weighted by atomic mass is 35.5. The fraction of sp³-hybridized carbons (Fsp3) is 0.273. The van der Waals surface area contributed by atoms with Crippen LogP contribution >= 0.6 is 11.6 Å². The number of carbonyl (C=O) groups is 2. The van der Waals surface area contributed by atoms with Gasteiger partial charge < -0.3 is 15.2 Å². The number of carbonyl (C=O) groups excluding carboxylic acids is 1. The molecule has 0 radical (unpaired) electrons. The number of carboxylic acids is 1. The van der Waals surface area contributed by atoms with Crippen molar-refractivity contribution in [1.82, 2.24) is 0 Å². The number of amides is 1. The number of anilines is 1. The van der Waals surface area contributed by atoms with Gasteiger partial charge in [-0.25, -0.2) is 4.79 Å². The van der Waals surface area contributed by atoms with Gasteiger partial charge in [0.1, 0.15) is 6.10 Å². The van der Waals surface area contributed by atoms with Gasteiger partial charge in [-0.05, 0) is 19.1 Å². The van der Waals surface area contributed by atoms with Gasteiger partial charge in [0, 0.05) is 7.11 Å². The summed E-state index contributed by atoms with van der Waals surface area (Å²) >= 11 is 5.85. The van der Waals surface area contributed by atoms with Gasteiger partial charge in [-0.15, -0.1) is 0 Å². The van der Waals surface area contributed by atoms with Crippen LogP contribution in [0.15, 0.2) is 18.2 Å². The molecule has 17 heavy (non-hydrogen) atoms. The van der Waals surface area contributed by atoms with Crippen LogP contribution in [0.4, 0.5) is 5.69 Å². The smallest absolute Gasteiger partial charge is 0.337 e. The minimum atomic E-state index is -1.16. The van der Waals surface area contributed by atoms with Gasteiger partial charge in [-0.1, -0.05) is 17.7 Å². The van der Waals surface area contributed by atoms with Crippen molar-refractivity contribution in [2.45, 2.75) is 13.0 Å². The summed E-state index contributed by atoms with van der Waals surface area (Å²) in [5, 5.41) is 11.6. The molecule has 6 heteroatoms. The van der Waals surface area contributed by atoms with Gasteiger partial charge in [0.25, 0.3) is 5.91 Å². The molecule has 0 aliphatic heterocycles. The Labute approximate surface area is 103 Å². The Kier molecular flexibility index (Phi) is 4.48. The van der Waals surface area contributed by atoms with E-state index in [2.05, 4.69) is 5.32 Å². The van der Waals surface area contributed by atoms with Crippen LogP contribution in [-0.4, -0.2) is 30.2 Å². The summed E-state index contributed by atoms with van der Waals surface area (Å²) in [5.74, 6) is -1.61. The zero-order valence-electron chi connectivity index (χ0n) is 9.36. The van der Waals surface area contributed by atoms with Crippen LogP contribution in [0.25, 0.3) is 0 Å². The van der Waals surface area contributed by atoms with E-state index in [-0.39, 0.29) is 16.3 Å². The summed E-state index contributed by atoms with van der Waals surface area (Å²) in [4.78, 5) is 22.5. The van der Waals surface area contributed by atoms with Crippen molar-refractivity contribution in [3.63, 3.8) is 0 Å². The van der Waals surface area contributed by atoms with Crippen LogP contribution in [0.5, 0.6) is 0 Å². The topological polar surface area (TPSA) is 75.6 Å². The fourth-order valence-corrected chi connectivity index (χ4v) is 1.38. The van der Waals surface area contributed by atoms with Crippen LogP contribution in [-0.2, 0) is 9.53 Å². The van der Waals surface area contributed by atoms with Gasteiger partial charge in [0.2, 0.25) is 0 Å². The second-order valence-electron chi connectivity index (χ2n) is 3.33. The Hall–Kier alpha value is -1.59. The number of nitrogens with one attached hydrogen (secondary N) is 1. The second kappa shape index (κ2) is 5.65. The number of carboxylic acid groups (broad SMARTS) is 1. The summed E-state index contributed by atoms with van der Waals surface area (Å²) in [6.45, 7) is 1.55.